The molecule has 2 saturated heterocycles. The third-order valence-electron chi connectivity index (χ3n) is 6.47. The van der Waals surface area contributed by atoms with Crippen LogP contribution in [0.2, 0.25) is 0 Å². The van der Waals surface area contributed by atoms with Crippen LogP contribution in [-0.2, 0) is 0 Å². The second-order valence-electron chi connectivity index (χ2n) is 8.30. The summed E-state index contributed by atoms with van der Waals surface area (Å²) in [4.78, 5) is 32.9. The fourth-order valence-electron chi connectivity index (χ4n) is 5.12. The highest BCUT2D eigenvalue weighted by Crippen LogP contribution is 2.41. The van der Waals surface area contributed by atoms with E-state index in [0.29, 0.717) is 5.82 Å². The smallest absolute Gasteiger partial charge is 0.255 e. The Balaban J connectivity index is 1.32. The summed E-state index contributed by atoms with van der Waals surface area (Å²) in [5.74, 6) is 0.190. The van der Waals surface area contributed by atoms with Gasteiger partial charge in [-0.25, -0.2) is 24.3 Å². The molecule has 0 unspecified atom stereocenters. The number of anilines is 1. The van der Waals surface area contributed by atoms with Gasteiger partial charge in [0.25, 0.3) is 5.91 Å². The van der Waals surface area contributed by atoms with Gasteiger partial charge in [-0.15, -0.1) is 0 Å². The Hall–Kier alpha value is -3.40. The number of nitrogens with zero attached hydrogens (tertiary/aromatic N) is 6. The van der Waals surface area contributed by atoms with Crippen molar-refractivity contribution in [3.05, 3.63) is 71.2 Å². The van der Waals surface area contributed by atoms with Gasteiger partial charge in [0, 0.05) is 37.0 Å². The number of rotatable bonds is 4. The van der Waals surface area contributed by atoms with E-state index in [1.54, 1.807) is 36.8 Å². The maximum Gasteiger partial charge on any atom is 0.255 e. The first-order chi connectivity index (χ1) is 16.1. The molecule has 1 amide bonds. The van der Waals surface area contributed by atoms with Crippen LogP contribution in [0.4, 0.5) is 10.2 Å². The summed E-state index contributed by atoms with van der Waals surface area (Å²) in [6.45, 7) is 0. The maximum atomic E-state index is 14.8. The van der Waals surface area contributed by atoms with Gasteiger partial charge in [0.1, 0.15) is 10.4 Å². The van der Waals surface area contributed by atoms with Crippen molar-refractivity contribution in [1.29, 1.82) is 0 Å². The van der Waals surface area contributed by atoms with E-state index in [-0.39, 0.29) is 41.0 Å². The van der Waals surface area contributed by atoms with Gasteiger partial charge in [0.05, 0.1) is 23.2 Å². The van der Waals surface area contributed by atoms with Gasteiger partial charge in [-0.1, -0.05) is 6.07 Å². The average molecular weight is 508 g/mol. The number of carbonyl (C=O) groups is 1. The lowest BCUT2D eigenvalue weighted by Crippen LogP contribution is -2.40. The highest BCUT2D eigenvalue weighted by molar-refractivity contribution is 9.10. The zero-order valence-electron chi connectivity index (χ0n) is 17.4. The second kappa shape index (κ2) is 7.87. The Morgan fingerprint density at radius 2 is 1.97 bits per heavy atom. The van der Waals surface area contributed by atoms with Gasteiger partial charge >= 0.3 is 0 Å². The van der Waals surface area contributed by atoms with Gasteiger partial charge in [0.15, 0.2) is 17.3 Å². The van der Waals surface area contributed by atoms with Crippen LogP contribution in [0, 0.1) is 5.82 Å². The highest BCUT2D eigenvalue weighted by Gasteiger charge is 2.49. The molecule has 0 saturated carbocycles. The molecule has 5 heterocycles. The molecule has 166 valence electrons. The predicted octanol–water partition coefficient (Wildman–Crippen LogP) is 3.95. The summed E-state index contributed by atoms with van der Waals surface area (Å²) < 4.78 is 17.4. The van der Waals surface area contributed by atoms with Crippen molar-refractivity contribution in [2.24, 2.45) is 0 Å². The summed E-state index contributed by atoms with van der Waals surface area (Å²) in [5, 5.41) is 3.51. The molecule has 0 aliphatic carbocycles. The summed E-state index contributed by atoms with van der Waals surface area (Å²) in [6.07, 6.45) is 11.1. The number of aromatic nitrogens is 5. The van der Waals surface area contributed by atoms with Crippen LogP contribution < -0.4 is 5.32 Å². The molecule has 2 bridgehead atoms. The number of halogens is 2. The van der Waals surface area contributed by atoms with Crippen molar-refractivity contribution in [2.75, 3.05) is 5.32 Å². The van der Waals surface area contributed by atoms with Crippen molar-refractivity contribution in [2.45, 2.75) is 37.4 Å². The van der Waals surface area contributed by atoms with Crippen LogP contribution in [0.1, 0.15) is 29.6 Å². The van der Waals surface area contributed by atoms with E-state index in [2.05, 4.69) is 41.2 Å². The Labute approximate surface area is 197 Å². The van der Waals surface area contributed by atoms with E-state index >= 15 is 0 Å². The summed E-state index contributed by atoms with van der Waals surface area (Å²) in [5.41, 5.74) is 1.16. The molecule has 3 aromatic heterocycles. The lowest BCUT2D eigenvalue weighted by Gasteiger charge is -2.26. The van der Waals surface area contributed by atoms with Gasteiger partial charge < -0.3 is 14.6 Å². The summed E-state index contributed by atoms with van der Waals surface area (Å²) >= 11 is 3.41. The molecule has 2 aliphatic rings. The largest absolute Gasteiger partial charge is 0.362 e. The molecule has 1 N–H and O–H groups in total. The van der Waals surface area contributed by atoms with E-state index in [0.717, 1.165) is 29.5 Å². The number of hydrogen-bond acceptors (Lipinski definition) is 6. The quantitative estimate of drug-likeness (QED) is 0.450. The number of benzene rings is 1. The highest BCUT2D eigenvalue weighted by atomic mass is 79.9. The number of fused-ring (bicyclic) bond motifs is 3. The number of carbonyl (C=O) groups excluding carboxylic acids is 1. The Kier molecular flexibility index (Phi) is 4.83. The third kappa shape index (κ3) is 3.36. The van der Waals surface area contributed by atoms with Crippen LogP contribution in [-0.4, -0.2) is 53.3 Å². The normalized spacial score (nSPS) is 21.6. The van der Waals surface area contributed by atoms with Crippen molar-refractivity contribution in [1.82, 2.24) is 29.2 Å². The Morgan fingerprint density at radius 1 is 1.12 bits per heavy atom. The fourth-order valence-corrected chi connectivity index (χ4v) is 5.51. The SMILES string of the molecule is O=C(c1cccc(F)c1-c1ncccn1)N1[C@@H]2CC[C@H]1[C@H](Nc1nccn3cc(Br)nc13)C2. The molecule has 0 spiro atoms. The molecule has 2 aliphatic heterocycles. The Morgan fingerprint density at radius 3 is 2.82 bits per heavy atom. The molecular formula is C23H19BrFN7O. The molecule has 10 heteroatoms. The number of imidazole rings is 1. The lowest BCUT2D eigenvalue weighted by molar-refractivity contribution is 0.0728. The number of hydrogen-bond donors (Lipinski definition) is 1. The minimum atomic E-state index is -0.506. The van der Waals surface area contributed by atoms with E-state index < -0.39 is 5.82 Å². The monoisotopic (exact) mass is 507 g/mol. The average Bonchev–Trinajstić information content (AvgIpc) is 3.51. The van der Waals surface area contributed by atoms with Crippen LogP contribution in [0.25, 0.3) is 17.0 Å². The van der Waals surface area contributed by atoms with Crippen LogP contribution >= 0.6 is 15.9 Å². The molecular weight excluding hydrogens is 489 g/mol. The second-order valence-corrected chi connectivity index (χ2v) is 9.12. The molecule has 8 nitrogen and oxygen atoms in total. The molecule has 1 aromatic carbocycles. The summed E-state index contributed by atoms with van der Waals surface area (Å²) in [6, 6.07) is 6.31. The maximum absolute atomic E-state index is 14.8. The number of nitrogens with one attached hydrogen (secondary N) is 1. The first kappa shape index (κ1) is 20.2. The first-order valence-electron chi connectivity index (χ1n) is 10.7. The van der Waals surface area contributed by atoms with E-state index in [1.807, 2.05) is 21.7 Å². The standard InChI is InChI=1S/C23H19BrFN7O/c24-18-12-31-10-9-28-21(22(31)30-18)29-16-11-13-5-6-17(16)32(13)23(33)14-3-1-4-15(25)19(14)20-26-7-2-8-27-20/h1-4,7-10,12-13,16-17H,5-6,11H2,(H,28,29)/t13-,16-,17+/m1/s1. The van der Waals surface area contributed by atoms with Crippen LogP contribution in [0.3, 0.4) is 0 Å². The van der Waals surface area contributed by atoms with Crippen molar-refractivity contribution in [3.63, 3.8) is 0 Å². The fraction of sp³-hybridized carbons (Fsp3) is 0.261. The van der Waals surface area contributed by atoms with Gasteiger partial charge in [-0.2, -0.15) is 0 Å². The molecule has 4 aromatic rings. The molecule has 33 heavy (non-hydrogen) atoms. The number of amides is 1. The molecule has 6 rings (SSSR count). The van der Waals surface area contributed by atoms with Crippen molar-refractivity contribution < 1.29 is 9.18 Å². The molecule has 3 atom stereocenters. The predicted molar refractivity (Wildman–Crippen MR) is 123 cm³/mol. The van der Waals surface area contributed by atoms with E-state index in [4.69, 9.17) is 0 Å². The lowest BCUT2D eigenvalue weighted by atomic mass is 9.95. The van der Waals surface area contributed by atoms with Gasteiger partial charge in [-0.05, 0) is 53.4 Å². The van der Waals surface area contributed by atoms with Crippen LogP contribution in [0.15, 0.2) is 59.9 Å². The first-order valence-corrected chi connectivity index (χ1v) is 11.5. The zero-order chi connectivity index (χ0) is 22.5. The third-order valence-corrected chi connectivity index (χ3v) is 6.85. The van der Waals surface area contributed by atoms with Gasteiger partial charge in [-0.3, -0.25) is 4.79 Å². The van der Waals surface area contributed by atoms with Crippen molar-refractivity contribution >= 4 is 33.3 Å². The molecule has 0 radical (unpaired) electrons. The van der Waals surface area contributed by atoms with E-state index in [9.17, 15) is 9.18 Å². The topological polar surface area (TPSA) is 88.3 Å². The summed E-state index contributed by atoms with van der Waals surface area (Å²) in [7, 11) is 0. The van der Waals surface area contributed by atoms with Gasteiger partial charge in [0.2, 0.25) is 0 Å². The van der Waals surface area contributed by atoms with Crippen molar-refractivity contribution in [3.8, 4) is 11.4 Å². The molecule has 2 fully saturated rings. The minimum Gasteiger partial charge on any atom is -0.362 e. The van der Waals surface area contributed by atoms with E-state index in [1.165, 1.54) is 6.07 Å². The zero-order valence-corrected chi connectivity index (χ0v) is 19.0. The minimum absolute atomic E-state index is 0.0178. The Bertz CT molecular complexity index is 1360. The van der Waals surface area contributed by atoms with Crippen LogP contribution in [0.5, 0.6) is 0 Å².